The van der Waals surface area contributed by atoms with Crippen LogP contribution in [0.1, 0.15) is 16.9 Å². The van der Waals surface area contributed by atoms with E-state index in [1.165, 1.54) is 30.2 Å². The topological polar surface area (TPSA) is 106 Å². The molecule has 0 unspecified atom stereocenters. The van der Waals surface area contributed by atoms with Crippen LogP contribution in [0.3, 0.4) is 0 Å². The first-order valence-corrected chi connectivity index (χ1v) is 11.0. The molecule has 0 aliphatic rings. The maximum atomic E-state index is 13.3. The summed E-state index contributed by atoms with van der Waals surface area (Å²) >= 11 is 0. The van der Waals surface area contributed by atoms with E-state index >= 15 is 0 Å². The van der Waals surface area contributed by atoms with Crippen LogP contribution >= 0.6 is 0 Å². The predicted molar refractivity (Wildman–Crippen MR) is 130 cm³/mol. The van der Waals surface area contributed by atoms with E-state index in [1.54, 1.807) is 41.5 Å². The van der Waals surface area contributed by atoms with Gasteiger partial charge in [0.1, 0.15) is 12.3 Å². The van der Waals surface area contributed by atoms with E-state index in [0.29, 0.717) is 17.9 Å². The number of ether oxygens (including phenoxy) is 1. The number of amides is 2. The Bertz CT molecular complexity index is 1130. The fourth-order valence-corrected chi connectivity index (χ4v) is 3.34. The zero-order chi connectivity index (χ0) is 25.0. The summed E-state index contributed by atoms with van der Waals surface area (Å²) in [6.45, 7) is 0.990. The number of hydrogen-bond acceptors (Lipinski definition) is 6. The molecule has 182 valence electrons. The van der Waals surface area contributed by atoms with Crippen LogP contribution < -0.4 is 0 Å². The highest BCUT2D eigenvalue weighted by Crippen LogP contribution is 2.14. The molecule has 0 N–H and O–H groups in total. The summed E-state index contributed by atoms with van der Waals surface area (Å²) in [5.74, 6) is 0.0342. The van der Waals surface area contributed by atoms with E-state index in [0.717, 1.165) is 5.56 Å². The second-order valence-corrected chi connectivity index (χ2v) is 7.75. The first kappa shape index (κ1) is 25.4. The molecular formula is C26H27N3O6. The number of rotatable bonds is 12. The van der Waals surface area contributed by atoms with Crippen LogP contribution in [-0.4, -0.2) is 53.3 Å². The molecule has 1 heterocycles. The smallest absolute Gasteiger partial charge is 0.269 e. The van der Waals surface area contributed by atoms with Gasteiger partial charge in [-0.15, -0.1) is 0 Å². The van der Waals surface area contributed by atoms with E-state index < -0.39 is 4.92 Å². The standard InChI is InChI=1S/C26H27N3O6/c1-34-17-15-27(25(30)14-11-21-9-12-23(13-10-21)29(32)33)20-26(31)28(19-24-8-5-16-35-24)18-22-6-3-2-4-7-22/h2-14,16H,15,17-20H2,1H3. The lowest BCUT2D eigenvalue weighted by Crippen LogP contribution is -2.43. The Morgan fingerprint density at radius 1 is 1.00 bits per heavy atom. The molecule has 0 aliphatic heterocycles. The second-order valence-electron chi connectivity index (χ2n) is 7.75. The Balaban J connectivity index is 1.72. The number of nitrogens with zero attached hydrogens (tertiary/aromatic N) is 3. The summed E-state index contributed by atoms with van der Waals surface area (Å²) in [7, 11) is 1.52. The van der Waals surface area contributed by atoms with Crippen LogP contribution in [0, 0.1) is 10.1 Å². The van der Waals surface area contributed by atoms with Gasteiger partial charge >= 0.3 is 0 Å². The quantitative estimate of drug-likeness (QED) is 0.222. The van der Waals surface area contributed by atoms with E-state index in [1.807, 2.05) is 30.3 Å². The van der Waals surface area contributed by atoms with E-state index in [4.69, 9.17) is 9.15 Å². The van der Waals surface area contributed by atoms with Gasteiger partial charge in [0.05, 0.1) is 24.3 Å². The number of hydrogen-bond donors (Lipinski definition) is 0. The Kier molecular flexibility index (Phi) is 9.32. The van der Waals surface area contributed by atoms with Gasteiger partial charge in [0.15, 0.2) is 0 Å². The zero-order valence-corrected chi connectivity index (χ0v) is 19.4. The summed E-state index contributed by atoms with van der Waals surface area (Å²) in [5, 5.41) is 10.8. The van der Waals surface area contributed by atoms with Crippen LogP contribution in [0.5, 0.6) is 0 Å². The van der Waals surface area contributed by atoms with Crippen LogP contribution in [-0.2, 0) is 27.4 Å². The molecular weight excluding hydrogens is 450 g/mol. The zero-order valence-electron chi connectivity index (χ0n) is 19.4. The van der Waals surface area contributed by atoms with Crippen molar-refractivity contribution in [3.05, 3.63) is 106 Å². The average Bonchev–Trinajstić information content (AvgIpc) is 3.38. The Hall–Kier alpha value is -4.24. The maximum absolute atomic E-state index is 13.3. The summed E-state index contributed by atoms with van der Waals surface area (Å²) in [6, 6.07) is 19.0. The van der Waals surface area contributed by atoms with Gasteiger partial charge in [0, 0.05) is 38.4 Å². The van der Waals surface area contributed by atoms with E-state index in [2.05, 4.69) is 0 Å². The van der Waals surface area contributed by atoms with Crippen molar-refractivity contribution in [2.45, 2.75) is 13.1 Å². The van der Waals surface area contributed by atoms with Crippen LogP contribution in [0.25, 0.3) is 6.08 Å². The highest BCUT2D eigenvalue weighted by molar-refractivity contribution is 5.94. The normalized spacial score (nSPS) is 10.9. The Morgan fingerprint density at radius 3 is 2.37 bits per heavy atom. The van der Waals surface area contributed by atoms with Crippen molar-refractivity contribution >= 4 is 23.6 Å². The van der Waals surface area contributed by atoms with Gasteiger partial charge in [-0.1, -0.05) is 30.3 Å². The molecule has 1 aromatic heterocycles. The molecule has 0 fully saturated rings. The summed E-state index contributed by atoms with van der Waals surface area (Å²) in [4.78, 5) is 39.6. The summed E-state index contributed by atoms with van der Waals surface area (Å²) in [6.07, 6.45) is 4.46. The third kappa shape index (κ3) is 7.94. The minimum atomic E-state index is -0.485. The Labute approximate surface area is 203 Å². The molecule has 0 saturated heterocycles. The second kappa shape index (κ2) is 12.9. The van der Waals surface area contributed by atoms with Crippen molar-refractivity contribution in [2.75, 3.05) is 26.8 Å². The fraction of sp³-hybridized carbons (Fsp3) is 0.231. The fourth-order valence-electron chi connectivity index (χ4n) is 3.34. The predicted octanol–water partition coefficient (Wildman–Crippen LogP) is 3.91. The molecule has 9 heteroatoms. The van der Waals surface area contributed by atoms with E-state index in [-0.39, 0.29) is 43.7 Å². The van der Waals surface area contributed by atoms with Gasteiger partial charge in [-0.05, 0) is 41.5 Å². The molecule has 2 aromatic carbocycles. The number of benzene rings is 2. The molecule has 0 saturated carbocycles. The SMILES string of the molecule is COCCN(CC(=O)N(Cc1ccccc1)Cc1ccco1)C(=O)C=Cc1ccc([N+](=O)[O-])cc1. The van der Waals surface area contributed by atoms with Gasteiger partial charge in [-0.25, -0.2) is 0 Å². The highest BCUT2D eigenvalue weighted by Gasteiger charge is 2.21. The van der Waals surface area contributed by atoms with Crippen molar-refractivity contribution in [3.63, 3.8) is 0 Å². The minimum Gasteiger partial charge on any atom is -0.467 e. The molecule has 2 amide bonds. The first-order valence-electron chi connectivity index (χ1n) is 11.0. The van der Waals surface area contributed by atoms with Crippen LogP contribution in [0.2, 0.25) is 0 Å². The summed E-state index contributed by atoms with van der Waals surface area (Å²) in [5.41, 5.74) is 1.56. The largest absolute Gasteiger partial charge is 0.467 e. The van der Waals surface area contributed by atoms with Crippen LogP contribution in [0.4, 0.5) is 5.69 Å². The van der Waals surface area contributed by atoms with Gasteiger partial charge in [-0.2, -0.15) is 0 Å². The van der Waals surface area contributed by atoms with Crippen LogP contribution in [0.15, 0.2) is 83.5 Å². The number of furan rings is 1. The summed E-state index contributed by atoms with van der Waals surface area (Å²) < 4.78 is 10.6. The first-order chi connectivity index (χ1) is 17.0. The Morgan fingerprint density at radius 2 is 1.74 bits per heavy atom. The molecule has 0 bridgehead atoms. The molecule has 0 aliphatic carbocycles. The number of non-ortho nitro benzene ring substituents is 1. The molecule has 0 atom stereocenters. The molecule has 3 aromatic rings. The van der Waals surface area contributed by atoms with Crippen molar-refractivity contribution in [3.8, 4) is 0 Å². The number of carbonyl (C=O) groups excluding carboxylic acids is 2. The van der Waals surface area contributed by atoms with Crippen molar-refractivity contribution in [1.29, 1.82) is 0 Å². The molecule has 9 nitrogen and oxygen atoms in total. The monoisotopic (exact) mass is 477 g/mol. The van der Waals surface area contributed by atoms with Gasteiger partial charge in [-0.3, -0.25) is 19.7 Å². The average molecular weight is 478 g/mol. The third-order valence-electron chi connectivity index (χ3n) is 5.22. The van der Waals surface area contributed by atoms with Gasteiger partial charge < -0.3 is 19.0 Å². The lowest BCUT2D eigenvalue weighted by Gasteiger charge is -2.26. The number of nitro groups is 1. The molecule has 0 spiro atoms. The van der Waals surface area contributed by atoms with Crippen molar-refractivity contribution in [1.82, 2.24) is 9.80 Å². The lowest BCUT2D eigenvalue weighted by molar-refractivity contribution is -0.384. The molecule has 3 rings (SSSR count). The molecule has 35 heavy (non-hydrogen) atoms. The number of nitro benzene ring substituents is 1. The van der Waals surface area contributed by atoms with Crippen molar-refractivity contribution in [2.24, 2.45) is 0 Å². The number of carbonyl (C=O) groups is 2. The maximum Gasteiger partial charge on any atom is 0.269 e. The minimum absolute atomic E-state index is 0.0316. The molecule has 0 radical (unpaired) electrons. The van der Waals surface area contributed by atoms with Crippen molar-refractivity contribution < 1.29 is 23.7 Å². The van der Waals surface area contributed by atoms with E-state index in [9.17, 15) is 19.7 Å². The van der Waals surface area contributed by atoms with Gasteiger partial charge in [0.25, 0.3) is 5.69 Å². The van der Waals surface area contributed by atoms with Gasteiger partial charge in [0.2, 0.25) is 11.8 Å². The third-order valence-corrected chi connectivity index (χ3v) is 5.22. The lowest BCUT2D eigenvalue weighted by atomic mass is 10.2. The number of methoxy groups -OCH3 is 1. The highest BCUT2D eigenvalue weighted by atomic mass is 16.6.